The van der Waals surface area contributed by atoms with Crippen molar-refractivity contribution < 1.29 is 4.39 Å². The summed E-state index contributed by atoms with van der Waals surface area (Å²) in [4.78, 5) is 8.06. The van der Waals surface area contributed by atoms with Crippen LogP contribution in [0.15, 0.2) is 66.7 Å². The van der Waals surface area contributed by atoms with E-state index in [4.69, 9.17) is 4.98 Å². The second kappa shape index (κ2) is 7.31. The van der Waals surface area contributed by atoms with Crippen molar-refractivity contribution in [3.05, 3.63) is 89.6 Å². The van der Waals surface area contributed by atoms with Crippen LogP contribution in [0.1, 0.15) is 30.9 Å². The Kier molecular flexibility index (Phi) is 4.94. The average molecular weight is 332 g/mol. The number of aromatic amines is 1. The monoisotopic (exact) mass is 332 g/mol. The molecule has 1 aromatic heterocycles. The van der Waals surface area contributed by atoms with Gasteiger partial charge in [-0.3, -0.25) is 0 Å². The van der Waals surface area contributed by atoms with Gasteiger partial charge in [-0.05, 0) is 38.0 Å². The van der Waals surface area contributed by atoms with Gasteiger partial charge in [0, 0.05) is 16.8 Å². The second-order valence-corrected chi connectivity index (χ2v) is 6.10. The SMILES string of the molecule is C/C(=C\C=C(/C)c1ccccc1F)c1nc(-c2ccccc2)c(C)[nH]1. The van der Waals surface area contributed by atoms with Gasteiger partial charge in [0.2, 0.25) is 0 Å². The molecule has 0 spiro atoms. The number of hydrogen-bond donors (Lipinski definition) is 1. The van der Waals surface area contributed by atoms with E-state index in [0.717, 1.165) is 33.9 Å². The standard InChI is InChI=1S/C22H21FN2/c1-15(19-11-7-8-12-20(19)23)13-14-16(2)22-24-17(3)21(25-22)18-9-5-4-6-10-18/h4-14H,1-3H3,(H,24,25)/b15-13+,16-14+. The minimum absolute atomic E-state index is 0.206. The molecule has 0 bridgehead atoms. The highest BCUT2D eigenvalue weighted by molar-refractivity contribution is 5.71. The third-order valence-electron chi connectivity index (χ3n) is 4.19. The molecule has 0 unspecified atom stereocenters. The molecule has 1 heterocycles. The minimum atomic E-state index is -0.206. The molecule has 0 radical (unpaired) electrons. The predicted molar refractivity (Wildman–Crippen MR) is 102 cm³/mol. The van der Waals surface area contributed by atoms with E-state index in [1.165, 1.54) is 6.07 Å². The molecule has 0 aliphatic heterocycles. The Morgan fingerprint density at radius 3 is 2.28 bits per heavy atom. The van der Waals surface area contributed by atoms with Crippen LogP contribution in [0.4, 0.5) is 4.39 Å². The lowest BCUT2D eigenvalue weighted by Gasteiger charge is -2.02. The highest BCUT2D eigenvalue weighted by Gasteiger charge is 2.09. The van der Waals surface area contributed by atoms with Crippen molar-refractivity contribution in [1.82, 2.24) is 9.97 Å². The molecule has 0 amide bonds. The van der Waals surface area contributed by atoms with Gasteiger partial charge in [-0.2, -0.15) is 0 Å². The molecule has 3 aromatic rings. The Bertz CT molecular complexity index is 934. The number of rotatable bonds is 4. The second-order valence-electron chi connectivity index (χ2n) is 6.10. The fourth-order valence-corrected chi connectivity index (χ4v) is 2.72. The Morgan fingerprint density at radius 2 is 1.56 bits per heavy atom. The number of nitrogens with one attached hydrogen (secondary N) is 1. The first kappa shape index (κ1) is 16.9. The van der Waals surface area contributed by atoms with Crippen LogP contribution in [0.25, 0.3) is 22.4 Å². The summed E-state index contributed by atoms with van der Waals surface area (Å²) >= 11 is 0. The van der Waals surface area contributed by atoms with Gasteiger partial charge in [-0.1, -0.05) is 60.7 Å². The van der Waals surface area contributed by atoms with Crippen LogP contribution < -0.4 is 0 Å². The number of allylic oxidation sites excluding steroid dienone is 4. The quantitative estimate of drug-likeness (QED) is 0.580. The third kappa shape index (κ3) is 3.77. The van der Waals surface area contributed by atoms with Gasteiger partial charge in [0.15, 0.2) is 0 Å². The molecule has 3 heteroatoms. The Balaban J connectivity index is 1.89. The molecule has 0 fully saturated rings. The molecule has 126 valence electrons. The van der Waals surface area contributed by atoms with Crippen LogP contribution in [-0.4, -0.2) is 9.97 Å². The molecule has 2 aromatic carbocycles. The van der Waals surface area contributed by atoms with Crippen LogP contribution in [0, 0.1) is 12.7 Å². The largest absolute Gasteiger partial charge is 0.342 e. The third-order valence-corrected chi connectivity index (χ3v) is 4.19. The van der Waals surface area contributed by atoms with E-state index >= 15 is 0 Å². The Labute approximate surface area is 147 Å². The van der Waals surface area contributed by atoms with Gasteiger partial charge in [-0.25, -0.2) is 9.37 Å². The lowest BCUT2D eigenvalue weighted by atomic mass is 10.1. The number of aromatic nitrogens is 2. The summed E-state index contributed by atoms with van der Waals surface area (Å²) in [5, 5.41) is 0. The van der Waals surface area contributed by atoms with Gasteiger partial charge in [0.25, 0.3) is 0 Å². The van der Waals surface area contributed by atoms with E-state index in [1.807, 2.05) is 69.3 Å². The van der Waals surface area contributed by atoms with Gasteiger partial charge < -0.3 is 4.98 Å². The average Bonchev–Trinajstić information content (AvgIpc) is 3.02. The molecule has 0 saturated carbocycles. The van der Waals surface area contributed by atoms with Crippen molar-refractivity contribution in [3.63, 3.8) is 0 Å². The zero-order valence-electron chi connectivity index (χ0n) is 14.7. The summed E-state index contributed by atoms with van der Waals surface area (Å²) in [6.45, 7) is 5.93. The molecule has 0 aliphatic rings. The molecule has 0 aliphatic carbocycles. The molecule has 3 rings (SSSR count). The van der Waals surface area contributed by atoms with Crippen molar-refractivity contribution in [1.29, 1.82) is 0 Å². The molecular formula is C22H21FN2. The molecule has 25 heavy (non-hydrogen) atoms. The van der Waals surface area contributed by atoms with Crippen molar-refractivity contribution in [2.45, 2.75) is 20.8 Å². The fraction of sp³-hybridized carbons (Fsp3) is 0.136. The van der Waals surface area contributed by atoms with Crippen molar-refractivity contribution in [3.8, 4) is 11.3 Å². The van der Waals surface area contributed by atoms with Crippen molar-refractivity contribution >= 4 is 11.1 Å². The number of imidazole rings is 1. The first-order chi connectivity index (χ1) is 12.1. The first-order valence-electron chi connectivity index (χ1n) is 8.28. The Morgan fingerprint density at radius 1 is 0.920 bits per heavy atom. The summed E-state index contributed by atoms with van der Waals surface area (Å²) in [5.41, 5.74) is 5.58. The highest BCUT2D eigenvalue weighted by Crippen LogP contribution is 2.24. The molecule has 0 atom stereocenters. The van der Waals surface area contributed by atoms with E-state index < -0.39 is 0 Å². The Hall–Kier alpha value is -2.94. The highest BCUT2D eigenvalue weighted by atomic mass is 19.1. The number of nitrogens with zero attached hydrogens (tertiary/aromatic N) is 1. The molecular weight excluding hydrogens is 311 g/mol. The zero-order chi connectivity index (χ0) is 17.8. The number of benzene rings is 2. The predicted octanol–water partition coefficient (Wildman–Crippen LogP) is 6.03. The maximum Gasteiger partial charge on any atom is 0.133 e. The normalized spacial score (nSPS) is 12.5. The summed E-state index contributed by atoms with van der Waals surface area (Å²) < 4.78 is 13.9. The number of hydrogen-bond acceptors (Lipinski definition) is 1. The number of halogens is 1. The summed E-state index contributed by atoms with van der Waals surface area (Å²) in [6.07, 6.45) is 3.89. The molecule has 0 saturated heterocycles. The van der Waals surface area contributed by atoms with Crippen LogP contribution in [0.5, 0.6) is 0 Å². The van der Waals surface area contributed by atoms with E-state index in [9.17, 15) is 4.39 Å². The van der Waals surface area contributed by atoms with E-state index in [0.29, 0.717) is 5.56 Å². The summed E-state index contributed by atoms with van der Waals surface area (Å²) in [6, 6.07) is 16.9. The van der Waals surface area contributed by atoms with Crippen LogP contribution in [-0.2, 0) is 0 Å². The van der Waals surface area contributed by atoms with Gasteiger partial charge >= 0.3 is 0 Å². The zero-order valence-corrected chi connectivity index (χ0v) is 14.7. The molecule has 2 nitrogen and oxygen atoms in total. The lowest BCUT2D eigenvalue weighted by molar-refractivity contribution is 0.624. The molecule has 1 N–H and O–H groups in total. The summed E-state index contributed by atoms with van der Waals surface area (Å²) in [7, 11) is 0. The van der Waals surface area contributed by atoms with Crippen LogP contribution >= 0.6 is 0 Å². The van der Waals surface area contributed by atoms with E-state index in [-0.39, 0.29) is 5.82 Å². The van der Waals surface area contributed by atoms with Crippen molar-refractivity contribution in [2.24, 2.45) is 0 Å². The van der Waals surface area contributed by atoms with Crippen LogP contribution in [0.3, 0.4) is 0 Å². The summed E-state index contributed by atoms with van der Waals surface area (Å²) in [5.74, 6) is 0.622. The van der Waals surface area contributed by atoms with E-state index in [1.54, 1.807) is 12.1 Å². The maximum atomic E-state index is 13.9. The van der Waals surface area contributed by atoms with E-state index in [2.05, 4.69) is 4.98 Å². The van der Waals surface area contributed by atoms with Gasteiger partial charge in [-0.15, -0.1) is 0 Å². The number of aryl methyl sites for hydroxylation is 1. The van der Waals surface area contributed by atoms with Gasteiger partial charge in [0.1, 0.15) is 11.6 Å². The number of H-pyrrole nitrogens is 1. The maximum absolute atomic E-state index is 13.9. The van der Waals surface area contributed by atoms with Crippen LogP contribution in [0.2, 0.25) is 0 Å². The minimum Gasteiger partial charge on any atom is -0.342 e. The topological polar surface area (TPSA) is 28.7 Å². The smallest absolute Gasteiger partial charge is 0.133 e. The van der Waals surface area contributed by atoms with Gasteiger partial charge in [0.05, 0.1) is 5.69 Å². The fourth-order valence-electron chi connectivity index (χ4n) is 2.72. The lowest BCUT2D eigenvalue weighted by Crippen LogP contribution is -1.86. The first-order valence-corrected chi connectivity index (χ1v) is 8.28. The van der Waals surface area contributed by atoms with Crippen molar-refractivity contribution in [2.75, 3.05) is 0 Å².